The molecule has 0 amide bonds. The summed E-state index contributed by atoms with van der Waals surface area (Å²) in [4.78, 5) is 0. The van der Waals surface area contributed by atoms with E-state index in [1.54, 1.807) is 0 Å². The molecule has 0 heteroatoms. The number of allylic oxidation sites excluding steroid dienone is 5. The molecule has 0 spiro atoms. The summed E-state index contributed by atoms with van der Waals surface area (Å²) < 4.78 is 0. The zero-order valence-electron chi connectivity index (χ0n) is 16.7. The maximum absolute atomic E-state index is 3.98. The van der Waals surface area contributed by atoms with Crippen molar-refractivity contribution < 1.29 is 0 Å². The molecule has 0 rings (SSSR count). The highest BCUT2D eigenvalue weighted by molar-refractivity contribution is 5.32. The van der Waals surface area contributed by atoms with E-state index >= 15 is 0 Å². The smallest absolute Gasteiger partial charge is 0.0159 e. The fourth-order valence-electron chi connectivity index (χ4n) is 2.85. The Kier molecular flexibility index (Phi) is 18.2. The highest BCUT2D eigenvalue weighted by atomic mass is 14.2. The van der Waals surface area contributed by atoms with Crippen LogP contribution in [0.2, 0.25) is 0 Å². The molecule has 0 fully saturated rings. The molecule has 0 heterocycles. The minimum Gasteiger partial charge on any atom is -0.106 e. The second kappa shape index (κ2) is 17.3. The van der Waals surface area contributed by atoms with Crippen molar-refractivity contribution in [2.75, 3.05) is 0 Å². The lowest BCUT2D eigenvalue weighted by atomic mass is 9.83. The van der Waals surface area contributed by atoms with Crippen molar-refractivity contribution in [2.45, 2.75) is 86.0 Å². The number of hydrogen-bond acceptors (Lipinski definition) is 0. The van der Waals surface area contributed by atoms with Gasteiger partial charge in [0, 0.05) is 0 Å². The molecule has 0 aromatic heterocycles. The van der Waals surface area contributed by atoms with Crippen LogP contribution in [-0.2, 0) is 0 Å². The second-order valence-corrected chi connectivity index (χ2v) is 6.48. The van der Waals surface area contributed by atoms with Gasteiger partial charge < -0.3 is 0 Å². The summed E-state index contributed by atoms with van der Waals surface area (Å²) >= 11 is 0. The van der Waals surface area contributed by atoms with Crippen molar-refractivity contribution in [1.29, 1.82) is 0 Å². The van der Waals surface area contributed by atoms with Crippen molar-refractivity contribution in [2.24, 2.45) is 11.8 Å². The van der Waals surface area contributed by atoms with Gasteiger partial charge in [0.1, 0.15) is 0 Å². The second-order valence-electron chi connectivity index (χ2n) is 6.48. The third-order valence-corrected chi connectivity index (χ3v) is 4.66. The zero-order valence-corrected chi connectivity index (χ0v) is 16.7. The molecule has 0 saturated heterocycles. The third kappa shape index (κ3) is 12.1. The van der Waals surface area contributed by atoms with E-state index in [9.17, 15) is 0 Å². The molecule has 134 valence electrons. The molecule has 0 aliphatic heterocycles. The van der Waals surface area contributed by atoms with Gasteiger partial charge in [-0.1, -0.05) is 84.1 Å². The Hall–Kier alpha value is -1.04. The Labute approximate surface area is 147 Å². The topological polar surface area (TPSA) is 0 Å². The molecule has 0 bridgehead atoms. The zero-order chi connectivity index (χ0) is 18.1. The van der Waals surface area contributed by atoms with Gasteiger partial charge in [-0.05, 0) is 49.7 Å². The maximum Gasteiger partial charge on any atom is -0.0159 e. The molecule has 0 aromatic rings. The molecular formula is C23H42. The third-order valence-electron chi connectivity index (χ3n) is 4.66. The van der Waals surface area contributed by atoms with Crippen molar-refractivity contribution in [3.8, 4) is 0 Å². The van der Waals surface area contributed by atoms with Crippen LogP contribution in [0.25, 0.3) is 0 Å². The van der Waals surface area contributed by atoms with Gasteiger partial charge in [-0.25, -0.2) is 0 Å². The summed E-state index contributed by atoms with van der Waals surface area (Å²) in [6.45, 7) is 21.3. The van der Waals surface area contributed by atoms with E-state index in [4.69, 9.17) is 0 Å². The summed E-state index contributed by atoms with van der Waals surface area (Å²) in [7, 11) is 0. The molecular weight excluding hydrogens is 276 g/mol. The normalized spacial score (nSPS) is 14.7. The monoisotopic (exact) mass is 318 g/mol. The van der Waals surface area contributed by atoms with Crippen molar-refractivity contribution >= 4 is 0 Å². The Morgan fingerprint density at radius 3 is 2.13 bits per heavy atom. The summed E-state index contributed by atoms with van der Waals surface area (Å²) in [5, 5.41) is 0. The molecule has 0 aliphatic rings. The number of hydrogen-bond donors (Lipinski definition) is 0. The molecule has 0 aliphatic carbocycles. The van der Waals surface area contributed by atoms with E-state index in [1.165, 1.54) is 62.5 Å². The van der Waals surface area contributed by atoms with Crippen LogP contribution in [0.4, 0.5) is 0 Å². The lowest BCUT2D eigenvalue weighted by Gasteiger charge is -2.22. The lowest BCUT2D eigenvalue weighted by molar-refractivity contribution is 0.410. The largest absolute Gasteiger partial charge is 0.106 e. The summed E-state index contributed by atoms with van der Waals surface area (Å²) in [5.41, 5.74) is 2.88. The lowest BCUT2D eigenvalue weighted by Crippen LogP contribution is -2.07. The number of rotatable bonds is 12. The van der Waals surface area contributed by atoms with Gasteiger partial charge in [0.2, 0.25) is 0 Å². The Morgan fingerprint density at radius 1 is 1.00 bits per heavy atom. The molecule has 0 aromatic carbocycles. The molecule has 23 heavy (non-hydrogen) atoms. The van der Waals surface area contributed by atoms with Gasteiger partial charge in [0.25, 0.3) is 0 Å². The number of unbranched alkanes of at least 4 members (excludes halogenated alkanes) is 3. The van der Waals surface area contributed by atoms with Gasteiger partial charge in [-0.3, -0.25) is 0 Å². The van der Waals surface area contributed by atoms with E-state index in [0.717, 1.165) is 5.92 Å². The minimum atomic E-state index is 0.713. The first-order chi connectivity index (χ1) is 11.1. The maximum atomic E-state index is 3.98. The molecule has 2 unspecified atom stereocenters. The first-order valence-corrected chi connectivity index (χ1v) is 9.56. The average molecular weight is 319 g/mol. The summed E-state index contributed by atoms with van der Waals surface area (Å²) in [6, 6.07) is 0. The SMILES string of the molecule is C=C.C=C/C(C)=C(\C=C/C)C(CCCCCC)CCC(C)CC. The quantitative estimate of drug-likeness (QED) is 0.193. The fourth-order valence-corrected chi connectivity index (χ4v) is 2.85. The Bertz CT molecular complexity index is 332. The Balaban J connectivity index is 0. The van der Waals surface area contributed by atoms with Crippen molar-refractivity contribution in [3.05, 3.63) is 49.1 Å². The van der Waals surface area contributed by atoms with Crippen LogP contribution >= 0.6 is 0 Å². The predicted molar refractivity (Wildman–Crippen MR) is 110 cm³/mol. The predicted octanol–water partition coefficient (Wildman–Crippen LogP) is 8.28. The van der Waals surface area contributed by atoms with E-state index in [0.29, 0.717) is 5.92 Å². The van der Waals surface area contributed by atoms with Crippen LogP contribution in [-0.4, -0.2) is 0 Å². The van der Waals surface area contributed by atoms with E-state index < -0.39 is 0 Å². The average Bonchev–Trinajstić information content (AvgIpc) is 2.60. The molecule has 0 saturated carbocycles. The van der Waals surface area contributed by atoms with E-state index in [-0.39, 0.29) is 0 Å². The highest BCUT2D eigenvalue weighted by Crippen LogP contribution is 2.30. The van der Waals surface area contributed by atoms with E-state index in [2.05, 4.69) is 66.5 Å². The first-order valence-electron chi connectivity index (χ1n) is 9.56. The highest BCUT2D eigenvalue weighted by Gasteiger charge is 2.15. The first kappa shape index (κ1) is 24.2. The van der Waals surface area contributed by atoms with Crippen LogP contribution in [0.1, 0.15) is 86.0 Å². The van der Waals surface area contributed by atoms with Crippen LogP contribution in [0.5, 0.6) is 0 Å². The van der Waals surface area contributed by atoms with Gasteiger partial charge in [-0.15, -0.1) is 13.2 Å². The fraction of sp³-hybridized carbons (Fsp3) is 0.652. The summed E-state index contributed by atoms with van der Waals surface area (Å²) in [5.74, 6) is 1.56. The minimum absolute atomic E-state index is 0.713. The van der Waals surface area contributed by atoms with Crippen LogP contribution in [0.15, 0.2) is 49.1 Å². The standard InChI is InChI=1S/C21H38.C2H4/c1-7-11-12-13-15-20(17-16-18(5)9-3)21(14-8-2)19(6)10-4;1-2/h8,10,14,18,20H,4,7,9,11-13,15-17H2,1-3,5-6H3;1-2H2/b14-8-,21-19+;. The molecule has 0 radical (unpaired) electrons. The molecule has 2 atom stereocenters. The van der Waals surface area contributed by atoms with Crippen LogP contribution < -0.4 is 0 Å². The van der Waals surface area contributed by atoms with Crippen molar-refractivity contribution in [3.63, 3.8) is 0 Å². The Morgan fingerprint density at radius 2 is 1.65 bits per heavy atom. The van der Waals surface area contributed by atoms with Gasteiger partial charge in [0.05, 0.1) is 0 Å². The van der Waals surface area contributed by atoms with E-state index in [1.807, 2.05) is 6.08 Å². The molecule has 0 nitrogen and oxygen atoms in total. The van der Waals surface area contributed by atoms with Crippen molar-refractivity contribution in [1.82, 2.24) is 0 Å². The van der Waals surface area contributed by atoms with Gasteiger partial charge in [0.15, 0.2) is 0 Å². The van der Waals surface area contributed by atoms with Gasteiger partial charge in [-0.2, -0.15) is 0 Å². The van der Waals surface area contributed by atoms with Gasteiger partial charge >= 0.3 is 0 Å². The summed E-state index contributed by atoms with van der Waals surface area (Å²) in [6.07, 6.45) is 17.3. The van der Waals surface area contributed by atoms with Crippen LogP contribution in [0.3, 0.4) is 0 Å². The van der Waals surface area contributed by atoms with Crippen LogP contribution in [0, 0.1) is 11.8 Å². The molecule has 0 N–H and O–H groups in total.